The van der Waals surface area contributed by atoms with Gasteiger partial charge in [0.1, 0.15) is 12.2 Å². The van der Waals surface area contributed by atoms with E-state index in [0.29, 0.717) is 18.4 Å². The minimum Gasteiger partial charge on any atom is -0.392 e. The third-order valence-corrected chi connectivity index (χ3v) is 2.69. The van der Waals surface area contributed by atoms with Crippen molar-refractivity contribution < 1.29 is 5.11 Å². The van der Waals surface area contributed by atoms with Gasteiger partial charge in [-0.2, -0.15) is 5.10 Å². The molecule has 1 aliphatic rings. The van der Waals surface area contributed by atoms with Crippen LogP contribution in [0.5, 0.6) is 0 Å². The van der Waals surface area contributed by atoms with E-state index in [1.165, 1.54) is 0 Å². The second-order valence-electron chi connectivity index (χ2n) is 4.32. The summed E-state index contributed by atoms with van der Waals surface area (Å²) < 4.78 is 1.88. The first kappa shape index (κ1) is 9.65. The number of rotatable bonds is 4. The zero-order chi connectivity index (χ0) is 10.1. The Morgan fingerprint density at radius 3 is 2.86 bits per heavy atom. The number of aromatic nitrogens is 3. The summed E-state index contributed by atoms with van der Waals surface area (Å²) in [6.45, 7) is 4.14. The number of hydrogen-bond donors (Lipinski definition) is 1. The number of hydrogen-bond acceptors (Lipinski definition) is 3. The van der Waals surface area contributed by atoms with Gasteiger partial charge in [-0.1, -0.05) is 0 Å². The molecule has 1 aliphatic carbocycles. The van der Waals surface area contributed by atoms with Gasteiger partial charge < -0.3 is 5.11 Å². The van der Waals surface area contributed by atoms with Crippen LogP contribution in [0.4, 0.5) is 0 Å². The van der Waals surface area contributed by atoms with Crippen LogP contribution >= 0.6 is 0 Å². The summed E-state index contributed by atoms with van der Waals surface area (Å²) in [5, 5.41) is 13.9. The molecule has 0 aliphatic heterocycles. The van der Waals surface area contributed by atoms with E-state index in [2.05, 4.69) is 23.9 Å². The Morgan fingerprint density at radius 1 is 1.57 bits per heavy atom. The van der Waals surface area contributed by atoms with Gasteiger partial charge in [-0.05, 0) is 32.6 Å². The lowest BCUT2D eigenvalue weighted by atomic mass is 10.1. The molecule has 0 radical (unpaired) electrons. The van der Waals surface area contributed by atoms with Crippen LogP contribution < -0.4 is 0 Å². The molecule has 4 heteroatoms. The molecular formula is C10H17N3O. The molecule has 1 aromatic rings. The molecule has 1 atom stereocenters. The maximum Gasteiger partial charge on any atom is 0.138 e. The summed E-state index contributed by atoms with van der Waals surface area (Å²) in [4.78, 5) is 4.18. The molecule has 0 bridgehead atoms. The Kier molecular flexibility index (Phi) is 2.54. The van der Waals surface area contributed by atoms with E-state index < -0.39 is 0 Å². The van der Waals surface area contributed by atoms with Gasteiger partial charge in [-0.15, -0.1) is 0 Å². The molecule has 1 fully saturated rings. The van der Waals surface area contributed by atoms with E-state index in [-0.39, 0.29) is 6.10 Å². The molecule has 2 rings (SSSR count). The third kappa shape index (κ3) is 1.95. The van der Waals surface area contributed by atoms with Crippen molar-refractivity contribution in [1.29, 1.82) is 0 Å². The van der Waals surface area contributed by atoms with Crippen molar-refractivity contribution in [1.82, 2.24) is 14.8 Å². The van der Waals surface area contributed by atoms with Crippen LogP contribution in [-0.2, 0) is 6.42 Å². The van der Waals surface area contributed by atoms with Crippen LogP contribution in [-0.4, -0.2) is 26.0 Å². The van der Waals surface area contributed by atoms with Gasteiger partial charge in [0.15, 0.2) is 0 Å². The van der Waals surface area contributed by atoms with Crippen LogP contribution in [0.1, 0.15) is 38.6 Å². The Bertz CT molecular complexity index is 304. The van der Waals surface area contributed by atoms with Crippen molar-refractivity contribution in [2.45, 2.75) is 45.3 Å². The predicted molar refractivity (Wildman–Crippen MR) is 52.8 cm³/mol. The lowest BCUT2D eigenvalue weighted by Gasteiger charge is -2.12. The average Bonchev–Trinajstić information content (AvgIpc) is 2.87. The third-order valence-electron chi connectivity index (χ3n) is 2.69. The van der Waals surface area contributed by atoms with Crippen LogP contribution in [0.25, 0.3) is 0 Å². The number of aliphatic hydroxyl groups is 1. The highest BCUT2D eigenvalue weighted by Gasteiger charge is 2.30. The molecule has 1 aromatic heterocycles. The molecule has 1 N–H and O–H groups in total. The van der Waals surface area contributed by atoms with E-state index in [0.717, 1.165) is 18.7 Å². The lowest BCUT2D eigenvalue weighted by molar-refractivity contribution is 0.147. The molecule has 0 saturated heterocycles. The Hall–Kier alpha value is -0.900. The first-order chi connectivity index (χ1) is 6.68. The van der Waals surface area contributed by atoms with Crippen molar-refractivity contribution in [3.05, 3.63) is 12.2 Å². The van der Waals surface area contributed by atoms with Crippen molar-refractivity contribution >= 4 is 0 Å². The second-order valence-corrected chi connectivity index (χ2v) is 4.32. The first-order valence-corrected chi connectivity index (χ1v) is 5.25. The molecule has 0 aromatic carbocycles. The average molecular weight is 195 g/mol. The van der Waals surface area contributed by atoms with Crippen molar-refractivity contribution in [2.24, 2.45) is 5.92 Å². The molecule has 4 nitrogen and oxygen atoms in total. The Balaban J connectivity index is 2.03. The SMILES string of the molecule is CC(C)n1ncnc1CC(O)C1CC1. The number of nitrogens with zero attached hydrogens (tertiary/aromatic N) is 3. The van der Waals surface area contributed by atoms with Gasteiger partial charge in [0.2, 0.25) is 0 Å². The van der Waals surface area contributed by atoms with Crippen molar-refractivity contribution in [2.75, 3.05) is 0 Å². The molecule has 1 unspecified atom stereocenters. The summed E-state index contributed by atoms with van der Waals surface area (Å²) in [5.74, 6) is 1.41. The van der Waals surface area contributed by atoms with Gasteiger partial charge in [0.25, 0.3) is 0 Å². The van der Waals surface area contributed by atoms with E-state index in [1.54, 1.807) is 6.33 Å². The Morgan fingerprint density at radius 2 is 2.29 bits per heavy atom. The maximum absolute atomic E-state index is 9.79. The number of aliphatic hydroxyl groups excluding tert-OH is 1. The summed E-state index contributed by atoms with van der Waals surface area (Å²) >= 11 is 0. The largest absolute Gasteiger partial charge is 0.392 e. The van der Waals surface area contributed by atoms with Gasteiger partial charge in [-0.25, -0.2) is 9.67 Å². The fourth-order valence-electron chi connectivity index (χ4n) is 1.69. The van der Waals surface area contributed by atoms with E-state index in [4.69, 9.17) is 0 Å². The standard InChI is InChI=1S/C10H17N3O/c1-7(2)13-10(11-6-12-13)5-9(14)8-3-4-8/h6-9,14H,3-5H2,1-2H3. The lowest BCUT2D eigenvalue weighted by Crippen LogP contribution is -2.18. The molecule has 0 spiro atoms. The van der Waals surface area contributed by atoms with E-state index in [1.807, 2.05) is 4.68 Å². The predicted octanol–water partition coefficient (Wildman–Crippen LogP) is 1.17. The smallest absolute Gasteiger partial charge is 0.138 e. The molecular weight excluding hydrogens is 178 g/mol. The minimum absolute atomic E-state index is 0.225. The second kappa shape index (κ2) is 3.69. The van der Waals surface area contributed by atoms with E-state index in [9.17, 15) is 5.11 Å². The molecule has 14 heavy (non-hydrogen) atoms. The highest BCUT2D eigenvalue weighted by Crippen LogP contribution is 2.33. The highest BCUT2D eigenvalue weighted by atomic mass is 16.3. The van der Waals surface area contributed by atoms with Crippen LogP contribution in [0.15, 0.2) is 6.33 Å². The van der Waals surface area contributed by atoms with Gasteiger partial charge in [-0.3, -0.25) is 0 Å². The van der Waals surface area contributed by atoms with Crippen LogP contribution in [0, 0.1) is 5.92 Å². The summed E-state index contributed by atoms with van der Waals surface area (Å²) in [7, 11) is 0. The first-order valence-electron chi connectivity index (χ1n) is 5.25. The highest BCUT2D eigenvalue weighted by molar-refractivity contribution is 4.93. The molecule has 1 heterocycles. The topological polar surface area (TPSA) is 50.9 Å². The monoisotopic (exact) mass is 195 g/mol. The molecule has 0 amide bonds. The van der Waals surface area contributed by atoms with Crippen LogP contribution in [0.2, 0.25) is 0 Å². The van der Waals surface area contributed by atoms with Gasteiger partial charge in [0, 0.05) is 12.5 Å². The normalized spacial score (nSPS) is 18.9. The Labute approximate surface area is 84.0 Å². The van der Waals surface area contributed by atoms with E-state index >= 15 is 0 Å². The van der Waals surface area contributed by atoms with Crippen molar-refractivity contribution in [3.8, 4) is 0 Å². The summed E-state index contributed by atoms with van der Waals surface area (Å²) in [5.41, 5.74) is 0. The summed E-state index contributed by atoms with van der Waals surface area (Å²) in [6.07, 6.45) is 4.31. The van der Waals surface area contributed by atoms with Gasteiger partial charge >= 0.3 is 0 Å². The maximum atomic E-state index is 9.79. The molecule has 78 valence electrons. The van der Waals surface area contributed by atoms with Crippen LogP contribution in [0.3, 0.4) is 0 Å². The zero-order valence-electron chi connectivity index (χ0n) is 8.72. The molecule has 1 saturated carbocycles. The van der Waals surface area contributed by atoms with Crippen molar-refractivity contribution in [3.63, 3.8) is 0 Å². The minimum atomic E-state index is -0.225. The quantitative estimate of drug-likeness (QED) is 0.784. The van der Waals surface area contributed by atoms with Gasteiger partial charge in [0.05, 0.1) is 6.10 Å². The zero-order valence-corrected chi connectivity index (χ0v) is 8.72. The fraction of sp³-hybridized carbons (Fsp3) is 0.800. The summed E-state index contributed by atoms with van der Waals surface area (Å²) in [6, 6.07) is 0.318. The fourth-order valence-corrected chi connectivity index (χ4v) is 1.69.